The zero-order chi connectivity index (χ0) is 12.8. The van der Waals surface area contributed by atoms with Crippen molar-refractivity contribution in [3.8, 4) is 0 Å². The van der Waals surface area contributed by atoms with Crippen molar-refractivity contribution in [1.82, 2.24) is 9.97 Å². The molecule has 18 heavy (non-hydrogen) atoms. The Kier molecular flexibility index (Phi) is 4.75. The van der Waals surface area contributed by atoms with Gasteiger partial charge in [-0.2, -0.15) is 4.98 Å². The zero-order valence-corrected chi connectivity index (χ0v) is 11.1. The minimum absolute atomic E-state index is 0.326. The number of hydrogen-bond acceptors (Lipinski definition) is 5. The molecule has 1 aliphatic rings. The highest BCUT2D eigenvalue weighted by atomic mass is 16.5. The Hall–Kier alpha value is -1.36. The third-order valence-electron chi connectivity index (χ3n) is 2.86. The lowest BCUT2D eigenvalue weighted by molar-refractivity contribution is 0.120. The van der Waals surface area contributed by atoms with Crippen LogP contribution < -0.4 is 10.6 Å². The maximum atomic E-state index is 5.56. The number of aromatic nitrogens is 2. The topological polar surface area (TPSA) is 59.1 Å². The number of nitrogens with zero attached hydrogens (tertiary/aromatic N) is 2. The van der Waals surface area contributed by atoms with Crippen LogP contribution >= 0.6 is 0 Å². The van der Waals surface area contributed by atoms with Gasteiger partial charge in [0.25, 0.3) is 0 Å². The second kappa shape index (κ2) is 6.54. The Morgan fingerprint density at radius 1 is 1.44 bits per heavy atom. The quantitative estimate of drug-likeness (QED) is 0.810. The van der Waals surface area contributed by atoms with E-state index in [0.717, 1.165) is 38.4 Å². The Morgan fingerprint density at radius 3 is 3.06 bits per heavy atom. The summed E-state index contributed by atoms with van der Waals surface area (Å²) in [5.41, 5.74) is 0. The van der Waals surface area contributed by atoms with Crippen molar-refractivity contribution in [2.24, 2.45) is 5.92 Å². The molecule has 1 aromatic heterocycles. The van der Waals surface area contributed by atoms with Gasteiger partial charge in [0, 0.05) is 25.9 Å². The number of rotatable bonds is 6. The minimum Gasteiger partial charge on any atom is -0.376 e. The smallest absolute Gasteiger partial charge is 0.224 e. The molecule has 1 atom stereocenters. The molecule has 1 saturated heterocycles. The molecule has 0 radical (unpaired) electrons. The molecule has 0 saturated carbocycles. The van der Waals surface area contributed by atoms with Crippen molar-refractivity contribution >= 4 is 11.8 Å². The lowest BCUT2D eigenvalue weighted by Gasteiger charge is -2.12. The molecule has 1 unspecified atom stereocenters. The van der Waals surface area contributed by atoms with E-state index in [-0.39, 0.29) is 0 Å². The predicted octanol–water partition coefficient (Wildman–Crippen LogP) is 2.14. The van der Waals surface area contributed by atoms with Gasteiger partial charge in [-0.05, 0) is 24.8 Å². The van der Waals surface area contributed by atoms with Crippen LogP contribution in [0.2, 0.25) is 0 Å². The Morgan fingerprint density at radius 2 is 2.33 bits per heavy atom. The van der Waals surface area contributed by atoms with Crippen LogP contribution in [0, 0.1) is 5.92 Å². The van der Waals surface area contributed by atoms with E-state index in [1.807, 2.05) is 6.07 Å². The fraction of sp³-hybridized carbons (Fsp3) is 0.692. The third kappa shape index (κ3) is 4.14. The molecule has 0 aliphatic carbocycles. The first-order valence-electron chi connectivity index (χ1n) is 6.66. The van der Waals surface area contributed by atoms with Gasteiger partial charge in [0.2, 0.25) is 5.95 Å². The highest BCUT2D eigenvalue weighted by Gasteiger charge is 2.14. The van der Waals surface area contributed by atoms with Gasteiger partial charge in [-0.15, -0.1) is 0 Å². The van der Waals surface area contributed by atoms with Gasteiger partial charge in [0.05, 0.1) is 6.10 Å². The first-order valence-corrected chi connectivity index (χ1v) is 6.66. The largest absolute Gasteiger partial charge is 0.376 e. The van der Waals surface area contributed by atoms with Gasteiger partial charge in [-0.25, -0.2) is 4.98 Å². The summed E-state index contributed by atoms with van der Waals surface area (Å²) < 4.78 is 5.56. The van der Waals surface area contributed by atoms with Crippen LogP contribution in [0.3, 0.4) is 0 Å². The van der Waals surface area contributed by atoms with E-state index >= 15 is 0 Å². The summed E-state index contributed by atoms with van der Waals surface area (Å²) in [6, 6.07) is 1.88. The molecule has 2 heterocycles. The van der Waals surface area contributed by atoms with Crippen LogP contribution in [0.5, 0.6) is 0 Å². The molecule has 5 heteroatoms. The summed E-state index contributed by atoms with van der Waals surface area (Å²) >= 11 is 0. The molecule has 2 rings (SSSR count). The van der Waals surface area contributed by atoms with Crippen LogP contribution in [-0.4, -0.2) is 35.8 Å². The fourth-order valence-corrected chi connectivity index (χ4v) is 1.86. The van der Waals surface area contributed by atoms with Gasteiger partial charge in [-0.3, -0.25) is 0 Å². The molecule has 1 fully saturated rings. The molecule has 100 valence electrons. The van der Waals surface area contributed by atoms with Gasteiger partial charge in [0.15, 0.2) is 0 Å². The molecule has 0 aromatic carbocycles. The van der Waals surface area contributed by atoms with Crippen LogP contribution in [0.15, 0.2) is 12.3 Å². The molecular formula is C13H22N4O. The fourth-order valence-electron chi connectivity index (χ4n) is 1.86. The van der Waals surface area contributed by atoms with Crippen LogP contribution in [0.25, 0.3) is 0 Å². The first kappa shape index (κ1) is 13.1. The Labute approximate surface area is 108 Å². The van der Waals surface area contributed by atoms with E-state index in [0.29, 0.717) is 18.0 Å². The number of ether oxygens (including phenoxy) is 1. The lowest BCUT2D eigenvalue weighted by Crippen LogP contribution is -2.19. The maximum Gasteiger partial charge on any atom is 0.224 e. The normalized spacial score (nSPS) is 19.2. The standard InChI is InChI=1S/C13H22N4O/c1-10(2)8-16-13-14-6-5-12(17-13)15-9-11-4-3-7-18-11/h5-6,10-11H,3-4,7-9H2,1-2H3,(H2,14,15,16,17). The molecule has 2 N–H and O–H groups in total. The van der Waals surface area contributed by atoms with Gasteiger partial charge >= 0.3 is 0 Å². The van der Waals surface area contributed by atoms with Crippen molar-refractivity contribution in [1.29, 1.82) is 0 Å². The monoisotopic (exact) mass is 250 g/mol. The average Bonchev–Trinajstić information content (AvgIpc) is 2.87. The first-order chi connectivity index (χ1) is 8.74. The second-order valence-corrected chi connectivity index (χ2v) is 5.06. The second-order valence-electron chi connectivity index (χ2n) is 5.06. The van der Waals surface area contributed by atoms with E-state index in [1.54, 1.807) is 6.20 Å². The van der Waals surface area contributed by atoms with E-state index in [4.69, 9.17) is 4.74 Å². The summed E-state index contributed by atoms with van der Waals surface area (Å²) in [6.07, 6.45) is 4.40. The Bertz CT molecular complexity index is 364. The average molecular weight is 250 g/mol. The molecule has 0 amide bonds. The molecule has 0 bridgehead atoms. The van der Waals surface area contributed by atoms with Crippen molar-refractivity contribution in [2.45, 2.75) is 32.8 Å². The number of anilines is 2. The highest BCUT2D eigenvalue weighted by Crippen LogP contribution is 2.13. The van der Waals surface area contributed by atoms with Crippen molar-refractivity contribution in [3.63, 3.8) is 0 Å². The molecule has 1 aromatic rings. The number of hydrogen-bond donors (Lipinski definition) is 2. The lowest BCUT2D eigenvalue weighted by atomic mass is 10.2. The van der Waals surface area contributed by atoms with Crippen molar-refractivity contribution in [2.75, 3.05) is 30.3 Å². The molecule has 0 spiro atoms. The molecular weight excluding hydrogens is 228 g/mol. The van der Waals surface area contributed by atoms with Crippen molar-refractivity contribution in [3.05, 3.63) is 12.3 Å². The predicted molar refractivity (Wildman–Crippen MR) is 72.8 cm³/mol. The van der Waals surface area contributed by atoms with E-state index in [1.165, 1.54) is 0 Å². The highest BCUT2D eigenvalue weighted by molar-refractivity contribution is 5.39. The summed E-state index contributed by atoms with van der Waals surface area (Å²) in [7, 11) is 0. The maximum absolute atomic E-state index is 5.56. The summed E-state index contributed by atoms with van der Waals surface area (Å²) in [6.45, 7) is 6.91. The van der Waals surface area contributed by atoms with Gasteiger partial charge in [0.1, 0.15) is 5.82 Å². The van der Waals surface area contributed by atoms with E-state index < -0.39 is 0 Å². The minimum atomic E-state index is 0.326. The van der Waals surface area contributed by atoms with Crippen LogP contribution in [0.4, 0.5) is 11.8 Å². The van der Waals surface area contributed by atoms with Crippen LogP contribution in [0.1, 0.15) is 26.7 Å². The molecule has 5 nitrogen and oxygen atoms in total. The van der Waals surface area contributed by atoms with E-state index in [9.17, 15) is 0 Å². The SMILES string of the molecule is CC(C)CNc1nccc(NCC2CCCO2)n1. The van der Waals surface area contributed by atoms with Crippen LogP contribution in [-0.2, 0) is 4.74 Å². The van der Waals surface area contributed by atoms with E-state index in [2.05, 4.69) is 34.4 Å². The van der Waals surface area contributed by atoms with Crippen molar-refractivity contribution < 1.29 is 4.74 Å². The molecule has 1 aliphatic heterocycles. The summed E-state index contributed by atoms with van der Waals surface area (Å²) in [5, 5.41) is 6.52. The summed E-state index contributed by atoms with van der Waals surface area (Å²) in [4.78, 5) is 8.61. The zero-order valence-electron chi connectivity index (χ0n) is 11.1. The Balaban J connectivity index is 1.82. The third-order valence-corrected chi connectivity index (χ3v) is 2.86. The van der Waals surface area contributed by atoms with Gasteiger partial charge in [-0.1, -0.05) is 13.8 Å². The number of nitrogens with one attached hydrogen (secondary N) is 2. The van der Waals surface area contributed by atoms with Gasteiger partial charge < -0.3 is 15.4 Å². The summed E-state index contributed by atoms with van der Waals surface area (Å²) in [5.74, 6) is 2.12.